The Bertz CT molecular complexity index is 3690. The molecule has 2 heterocycles. The molecule has 2 aromatic heterocycles. The normalized spacial score (nSPS) is 11.3. The summed E-state index contributed by atoms with van der Waals surface area (Å²) in [4.78, 5) is 16.1. The molecule has 0 aliphatic heterocycles. The molecule has 0 amide bonds. The van der Waals surface area contributed by atoms with Gasteiger partial charge >= 0.3 is 0 Å². The van der Waals surface area contributed by atoms with Gasteiger partial charge in [-0.2, -0.15) is 0 Å². The van der Waals surface area contributed by atoms with Gasteiger partial charge < -0.3 is 0 Å². The molecular weight excluding hydrogens is 813 g/mol. The third-order valence-corrected chi connectivity index (χ3v) is 12.6. The minimum Gasteiger partial charge on any atom is -0.292 e. The van der Waals surface area contributed by atoms with Crippen LogP contribution in [0.3, 0.4) is 0 Å². The van der Waals surface area contributed by atoms with Crippen molar-refractivity contribution >= 4 is 22.1 Å². The molecule has 12 rings (SSSR count). The quantitative estimate of drug-likeness (QED) is 0.145. The van der Waals surface area contributed by atoms with Crippen LogP contribution in [0, 0.1) is 0 Å². The summed E-state index contributed by atoms with van der Waals surface area (Å²) >= 11 is 0. The molecule has 0 spiro atoms. The highest BCUT2D eigenvalue weighted by Gasteiger charge is 2.19. The second kappa shape index (κ2) is 17.2. The lowest BCUT2D eigenvalue weighted by Crippen LogP contribution is -1.98. The molecule has 0 atom stereocenters. The predicted octanol–water partition coefficient (Wildman–Crippen LogP) is 16.3. The summed E-state index contributed by atoms with van der Waals surface area (Å²) in [5, 5.41) is 0. The number of rotatable bonds is 9. The average molecular weight is 855 g/mol. The maximum atomic E-state index is 5.52. The van der Waals surface area contributed by atoms with Crippen molar-refractivity contribution in [2.75, 3.05) is 0 Å². The summed E-state index contributed by atoms with van der Waals surface area (Å²) in [6, 6.07) is 89.9. The highest BCUT2D eigenvalue weighted by atomic mass is 15.1. The van der Waals surface area contributed by atoms with Crippen LogP contribution in [0.5, 0.6) is 0 Å². The van der Waals surface area contributed by atoms with Crippen LogP contribution in [0.4, 0.5) is 0 Å². The Labute approximate surface area is 389 Å². The Morgan fingerprint density at radius 2 is 0.612 bits per heavy atom. The molecule has 0 bridgehead atoms. The van der Waals surface area contributed by atoms with Gasteiger partial charge in [-0.3, -0.25) is 4.57 Å². The first kappa shape index (κ1) is 39.6. The molecule has 0 radical (unpaired) electrons. The summed E-state index contributed by atoms with van der Waals surface area (Å²) in [6.07, 6.45) is 0. The van der Waals surface area contributed by atoms with E-state index in [1.165, 1.54) is 11.1 Å². The van der Waals surface area contributed by atoms with Gasteiger partial charge in [0.15, 0.2) is 0 Å². The van der Waals surface area contributed by atoms with E-state index in [2.05, 4.69) is 241 Å². The van der Waals surface area contributed by atoms with Crippen LogP contribution in [-0.2, 0) is 0 Å². The number of benzene rings is 10. The highest BCUT2D eigenvalue weighted by Crippen LogP contribution is 2.40. The van der Waals surface area contributed by atoms with Crippen molar-refractivity contribution < 1.29 is 0 Å². The van der Waals surface area contributed by atoms with Gasteiger partial charge in [0.05, 0.1) is 33.5 Å². The molecule has 0 fully saturated rings. The number of fused-ring (bicyclic) bond motifs is 2. The predicted molar refractivity (Wildman–Crippen MR) is 278 cm³/mol. The second-order valence-electron chi connectivity index (χ2n) is 16.8. The molecule has 0 saturated carbocycles. The first-order valence-electron chi connectivity index (χ1n) is 22.7. The molecule has 12 aromatic rings. The zero-order chi connectivity index (χ0) is 44.5. The van der Waals surface area contributed by atoms with Gasteiger partial charge in [-0.15, -0.1) is 0 Å². The third kappa shape index (κ3) is 7.67. The highest BCUT2D eigenvalue weighted by molar-refractivity contribution is 5.97. The van der Waals surface area contributed by atoms with Crippen LogP contribution in [0.2, 0.25) is 0 Å². The van der Waals surface area contributed by atoms with Gasteiger partial charge in [-0.1, -0.05) is 206 Å². The summed E-state index contributed by atoms with van der Waals surface area (Å²) in [5.74, 6) is 0.914. The summed E-state index contributed by atoms with van der Waals surface area (Å²) in [5.41, 5.74) is 20.9. The van der Waals surface area contributed by atoms with Crippen molar-refractivity contribution in [3.8, 4) is 95.2 Å². The molecule has 314 valence electrons. The van der Waals surface area contributed by atoms with E-state index in [4.69, 9.17) is 15.0 Å². The number of imidazole rings is 1. The molecule has 67 heavy (non-hydrogen) atoms. The van der Waals surface area contributed by atoms with Crippen LogP contribution < -0.4 is 0 Å². The van der Waals surface area contributed by atoms with Crippen molar-refractivity contribution in [1.82, 2.24) is 19.5 Å². The second-order valence-corrected chi connectivity index (χ2v) is 16.8. The first-order valence-corrected chi connectivity index (χ1v) is 22.7. The standard InChI is InChI=1S/C63H42N4/c1-5-17-43(18-6-1)50-23-15-25-52(39-50)55-41-58-59(42-56(55)53-26-16-24-51(40-53)44-19-7-2-8-20-44)65-62(61(64-58)47-21-9-3-10-22-47)48-35-31-45(32-36-48)46-33-37-49(38-34-46)63-66-57-29-13-14-30-60(57)67(63)54-27-11-4-12-28-54/h1-42H. The lowest BCUT2D eigenvalue weighted by Gasteiger charge is -2.16. The van der Waals surface area contributed by atoms with Gasteiger partial charge in [-0.25, -0.2) is 15.0 Å². The Kier molecular flexibility index (Phi) is 10.2. The van der Waals surface area contributed by atoms with Crippen LogP contribution in [0.15, 0.2) is 255 Å². The fourth-order valence-electron chi connectivity index (χ4n) is 9.26. The Morgan fingerprint density at radius 3 is 1.13 bits per heavy atom. The van der Waals surface area contributed by atoms with Crippen LogP contribution in [-0.4, -0.2) is 19.5 Å². The SMILES string of the molecule is c1ccc(-c2cccc(-c3cc4nc(-c5ccccc5)c(-c5ccc(-c6ccc(-c7nc8ccccc8n7-c7ccccc7)cc6)cc5)nc4cc3-c3cccc(-c4ccccc4)c3)c2)cc1. The molecule has 4 heteroatoms. The Morgan fingerprint density at radius 1 is 0.239 bits per heavy atom. The molecule has 4 nitrogen and oxygen atoms in total. The van der Waals surface area contributed by atoms with Crippen molar-refractivity contribution in [2.45, 2.75) is 0 Å². The summed E-state index contributed by atoms with van der Waals surface area (Å²) in [6.45, 7) is 0. The maximum absolute atomic E-state index is 5.52. The molecule has 0 N–H and O–H groups in total. The van der Waals surface area contributed by atoms with E-state index in [1.807, 2.05) is 18.2 Å². The van der Waals surface area contributed by atoms with Crippen molar-refractivity contribution in [2.24, 2.45) is 0 Å². The number of hydrogen-bond donors (Lipinski definition) is 0. The van der Waals surface area contributed by atoms with E-state index in [0.29, 0.717) is 0 Å². The molecule has 0 aliphatic rings. The van der Waals surface area contributed by atoms with Crippen LogP contribution in [0.25, 0.3) is 117 Å². The van der Waals surface area contributed by atoms with E-state index < -0.39 is 0 Å². The topological polar surface area (TPSA) is 43.6 Å². The number of hydrogen-bond acceptors (Lipinski definition) is 3. The van der Waals surface area contributed by atoms with Crippen molar-refractivity contribution in [3.63, 3.8) is 0 Å². The lowest BCUT2D eigenvalue weighted by atomic mass is 9.90. The number of aromatic nitrogens is 4. The summed E-state index contributed by atoms with van der Waals surface area (Å²) in [7, 11) is 0. The minimum atomic E-state index is 0.832. The maximum Gasteiger partial charge on any atom is 0.145 e. The zero-order valence-electron chi connectivity index (χ0n) is 36.5. The lowest BCUT2D eigenvalue weighted by molar-refractivity contribution is 1.10. The van der Waals surface area contributed by atoms with E-state index in [9.17, 15) is 0 Å². The van der Waals surface area contributed by atoms with Gasteiger partial charge in [0.25, 0.3) is 0 Å². The minimum absolute atomic E-state index is 0.832. The van der Waals surface area contributed by atoms with Gasteiger partial charge in [0, 0.05) is 22.4 Å². The van der Waals surface area contributed by atoms with Crippen LogP contribution in [0.1, 0.15) is 0 Å². The van der Waals surface area contributed by atoms with E-state index in [0.717, 1.165) is 106 Å². The van der Waals surface area contributed by atoms with Gasteiger partial charge in [0.2, 0.25) is 0 Å². The van der Waals surface area contributed by atoms with E-state index in [1.54, 1.807) is 0 Å². The fraction of sp³-hybridized carbons (Fsp3) is 0. The zero-order valence-corrected chi connectivity index (χ0v) is 36.5. The third-order valence-electron chi connectivity index (χ3n) is 12.6. The average Bonchev–Trinajstić information content (AvgIpc) is 3.81. The largest absolute Gasteiger partial charge is 0.292 e. The first-order chi connectivity index (χ1) is 33.2. The van der Waals surface area contributed by atoms with Crippen LogP contribution >= 0.6 is 0 Å². The van der Waals surface area contributed by atoms with Gasteiger partial charge in [-0.05, 0) is 104 Å². The molecule has 0 aliphatic carbocycles. The van der Waals surface area contributed by atoms with E-state index in [-0.39, 0.29) is 0 Å². The smallest absolute Gasteiger partial charge is 0.145 e. The Balaban J connectivity index is 0.961. The fourth-order valence-corrected chi connectivity index (χ4v) is 9.26. The molecule has 0 unspecified atom stereocenters. The summed E-state index contributed by atoms with van der Waals surface area (Å²) < 4.78 is 2.24. The molecule has 0 saturated heterocycles. The van der Waals surface area contributed by atoms with E-state index >= 15 is 0 Å². The number of nitrogens with zero attached hydrogens (tertiary/aromatic N) is 4. The van der Waals surface area contributed by atoms with Gasteiger partial charge in [0.1, 0.15) is 5.82 Å². The Hall–Kier alpha value is -8.99. The van der Waals surface area contributed by atoms with Crippen molar-refractivity contribution in [1.29, 1.82) is 0 Å². The van der Waals surface area contributed by atoms with Crippen molar-refractivity contribution in [3.05, 3.63) is 255 Å². The number of para-hydroxylation sites is 3. The molecule has 10 aromatic carbocycles. The molecular formula is C63H42N4. The monoisotopic (exact) mass is 854 g/mol.